The molecule has 1 atom stereocenters. The Balaban J connectivity index is 2.04. The summed E-state index contributed by atoms with van der Waals surface area (Å²) in [5, 5.41) is 9.08. The number of aliphatic hydroxyl groups excluding tert-OH is 1. The van der Waals surface area contributed by atoms with Gasteiger partial charge >= 0.3 is 0 Å². The lowest BCUT2D eigenvalue weighted by Gasteiger charge is -2.14. The summed E-state index contributed by atoms with van der Waals surface area (Å²) in [5.74, 6) is 1.10. The fraction of sp³-hybridized carbons (Fsp3) is 0.667. The maximum Gasteiger partial charge on any atom is 0.251 e. The van der Waals surface area contributed by atoms with Crippen molar-refractivity contribution < 1.29 is 5.11 Å². The van der Waals surface area contributed by atoms with Crippen LogP contribution in [0.25, 0.3) is 0 Å². The molecule has 1 fully saturated rings. The average molecular weight is 237 g/mol. The van der Waals surface area contributed by atoms with Crippen molar-refractivity contribution >= 4 is 0 Å². The molecule has 1 aromatic rings. The molecule has 1 aliphatic rings. The maximum absolute atomic E-state index is 11.4. The molecule has 1 aromatic heterocycles. The zero-order valence-electron chi connectivity index (χ0n) is 10.1. The van der Waals surface area contributed by atoms with Crippen LogP contribution in [0.1, 0.15) is 24.9 Å². The lowest BCUT2D eigenvalue weighted by molar-refractivity contribution is 0.219. The summed E-state index contributed by atoms with van der Waals surface area (Å²) < 4.78 is 0. The van der Waals surface area contributed by atoms with Crippen molar-refractivity contribution in [3.05, 3.63) is 27.9 Å². The third-order valence-corrected chi connectivity index (χ3v) is 3.21. The van der Waals surface area contributed by atoms with Crippen LogP contribution in [0.5, 0.6) is 0 Å². The monoisotopic (exact) mass is 237 g/mol. The van der Waals surface area contributed by atoms with Crippen molar-refractivity contribution in [2.45, 2.75) is 26.3 Å². The van der Waals surface area contributed by atoms with Gasteiger partial charge in [-0.1, -0.05) is 6.92 Å². The fourth-order valence-electron chi connectivity index (χ4n) is 2.24. The number of nitrogens with one attached hydrogen (secondary N) is 1. The largest absolute Gasteiger partial charge is 0.396 e. The van der Waals surface area contributed by atoms with Crippen molar-refractivity contribution in [3.63, 3.8) is 0 Å². The molecular formula is C12H19N3O2. The van der Waals surface area contributed by atoms with Gasteiger partial charge in [-0.3, -0.25) is 9.69 Å². The van der Waals surface area contributed by atoms with Crippen molar-refractivity contribution in [3.8, 4) is 0 Å². The van der Waals surface area contributed by atoms with Gasteiger partial charge in [0, 0.05) is 24.9 Å². The molecule has 0 aromatic carbocycles. The van der Waals surface area contributed by atoms with E-state index in [1.807, 2.05) is 6.92 Å². The molecule has 5 nitrogen and oxygen atoms in total. The molecule has 0 aliphatic carbocycles. The van der Waals surface area contributed by atoms with E-state index in [1.165, 1.54) is 0 Å². The summed E-state index contributed by atoms with van der Waals surface area (Å²) in [6.07, 6.45) is 1.80. The Morgan fingerprint density at radius 3 is 3.12 bits per heavy atom. The van der Waals surface area contributed by atoms with Crippen LogP contribution in [0.2, 0.25) is 0 Å². The smallest absolute Gasteiger partial charge is 0.251 e. The molecule has 0 radical (unpaired) electrons. The van der Waals surface area contributed by atoms with Crippen molar-refractivity contribution in [2.24, 2.45) is 5.92 Å². The summed E-state index contributed by atoms with van der Waals surface area (Å²) >= 11 is 0. The van der Waals surface area contributed by atoms with Crippen LogP contribution >= 0.6 is 0 Å². The van der Waals surface area contributed by atoms with E-state index in [4.69, 9.17) is 5.11 Å². The normalized spacial score (nSPS) is 20.9. The third kappa shape index (κ3) is 3.14. The molecule has 0 saturated carbocycles. The number of aromatic amines is 1. The van der Waals surface area contributed by atoms with Gasteiger partial charge in [0.2, 0.25) is 0 Å². The molecule has 5 heteroatoms. The van der Waals surface area contributed by atoms with Gasteiger partial charge < -0.3 is 10.1 Å². The lowest BCUT2D eigenvalue weighted by atomic mass is 10.1. The first kappa shape index (κ1) is 12.3. The summed E-state index contributed by atoms with van der Waals surface area (Å²) in [6, 6.07) is 1.55. The minimum Gasteiger partial charge on any atom is -0.396 e. The molecule has 1 aliphatic heterocycles. The molecule has 17 heavy (non-hydrogen) atoms. The van der Waals surface area contributed by atoms with E-state index < -0.39 is 0 Å². The zero-order chi connectivity index (χ0) is 12.3. The number of likely N-dealkylation sites (tertiary alicyclic amines) is 1. The summed E-state index contributed by atoms with van der Waals surface area (Å²) in [6.45, 7) is 4.75. The number of aliphatic hydroxyl groups is 1. The molecule has 94 valence electrons. The first-order valence-corrected chi connectivity index (χ1v) is 6.13. The van der Waals surface area contributed by atoms with Crippen LogP contribution in [0.3, 0.4) is 0 Å². The molecule has 0 amide bonds. The minimum absolute atomic E-state index is 0.0789. The van der Waals surface area contributed by atoms with Gasteiger partial charge in [-0.2, -0.15) is 0 Å². The van der Waals surface area contributed by atoms with Gasteiger partial charge in [0.25, 0.3) is 5.56 Å². The highest BCUT2D eigenvalue weighted by molar-refractivity contribution is 5.02. The standard InChI is InChI=1S/C12H19N3O2/c1-2-10-5-12(17)14-11(13-10)7-15-4-3-9(6-15)8-16/h5,9,16H,2-4,6-8H2,1H3,(H,13,14,17). The Kier molecular flexibility index (Phi) is 3.91. The Hall–Kier alpha value is -1.20. The number of H-pyrrole nitrogens is 1. The van der Waals surface area contributed by atoms with Gasteiger partial charge in [-0.25, -0.2) is 4.98 Å². The molecule has 0 bridgehead atoms. The summed E-state index contributed by atoms with van der Waals surface area (Å²) in [7, 11) is 0. The minimum atomic E-state index is -0.0789. The van der Waals surface area contributed by atoms with Gasteiger partial charge in [0.15, 0.2) is 0 Å². The van der Waals surface area contributed by atoms with Crippen LogP contribution in [-0.4, -0.2) is 39.7 Å². The highest BCUT2D eigenvalue weighted by Crippen LogP contribution is 2.16. The van der Waals surface area contributed by atoms with E-state index in [-0.39, 0.29) is 12.2 Å². The van der Waals surface area contributed by atoms with E-state index in [0.29, 0.717) is 12.5 Å². The van der Waals surface area contributed by atoms with E-state index in [2.05, 4.69) is 14.9 Å². The number of hydrogen-bond acceptors (Lipinski definition) is 4. The highest BCUT2D eigenvalue weighted by Gasteiger charge is 2.22. The van der Waals surface area contributed by atoms with Gasteiger partial charge in [0.05, 0.1) is 6.54 Å². The molecule has 1 unspecified atom stereocenters. The van der Waals surface area contributed by atoms with Crippen LogP contribution < -0.4 is 5.56 Å². The van der Waals surface area contributed by atoms with Crippen LogP contribution in [0.15, 0.2) is 10.9 Å². The molecule has 1 saturated heterocycles. The molecule has 2 N–H and O–H groups in total. The van der Waals surface area contributed by atoms with Crippen LogP contribution in [0.4, 0.5) is 0 Å². The Bertz CT molecular complexity index is 430. The molecule has 0 spiro atoms. The van der Waals surface area contributed by atoms with E-state index in [9.17, 15) is 4.79 Å². The predicted molar refractivity (Wildman–Crippen MR) is 64.7 cm³/mol. The lowest BCUT2D eigenvalue weighted by Crippen LogP contribution is -2.24. The Morgan fingerprint density at radius 1 is 1.65 bits per heavy atom. The zero-order valence-corrected chi connectivity index (χ0v) is 10.1. The number of nitrogens with zero attached hydrogens (tertiary/aromatic N) is 2. The second-order valence-electron chi connectivity index (χ2n) is 4.61. The maximum atomic E-state index is 11.4. The quantitative estimate of drug-likeness (QED) is 0.782. The Labute approximate surface area is 100 Å². The molecular weight excluding hydrogens is 218 g/mol. The van der Waals surface area contributed by atoms with Gasteiger partial charge in [-0.15, -0.1) is 0 Å². The highest BCUT2D eigenvalue weighted by atomic mass is 16.3. The van der Waals surface area contributed by atoms with Gasteiger partial charge in [-0.05, 0) is 25.3 Å². The number of aryl methyl sites for hydroxylation is 1. The van der Waals surface area contributed by atoms with Crippen LogP contribution in [-0.2, 0) is 13.0 Å². The summed E-state index contributed by atoms with van der Waals surface area (Å²) in [4.78, 5) is 20.8. The van der Waals surface area contributed by atoms with Crippen molar-refractivity contribution in [2.75, 3.05) is 19.7 Å². The second-order valence-corrected chi connectivity index (χ2v) is 4.61. The first-order chi connectivity index (χ1) is 8.21. The topological polar surface area (TPSA) is 69.2 Å². The average Bonchev–Trinajstić information content (AvgIpc) is 2.76. The van der Waals surface area contributed by atoms with Crippen molar-refractivity contribution in [1.82, 2.24) is 14.9 Å². The SMILES string of the molecule is CCc1cc(=O)[nH]c(CN2CCC(CO)C2)n1. The third-order valence-electron chi connectivity index (χ3n) is 3.21. The number of hydrogen-bond donors (Lipinski definition) is 2. The predicted octanol–water partition coefficient (Wildman–Crippen LogP) is 0.146. The second kappa shape index (κ2) is 5.42. The van der Waals surface area contributed by atoms with Crippen LogP contribution in [0, 0.1) is 5.92 Å². The van der Waals surface area contributed by atoms with E-state index in [0.717, 1.165) is 37.4 Å². The summed E-state index contributed by atoms with van der Waals surface area (Å²) in [5.41, 5.74) is 0.756. The Morgan fingerprint density at radius 2 is 2.47 bits per heavy atom. The molecule has 2 heterocycles. The van der Waals surface area contributed by atoms with E-state index in [1.54, 1.807) is 6.07 Å². The molecule has 2 rings (SSSR count). The van der Waals surface area contributed by atoms with E-state index >= 15 is 0 Å². The van der Waals surface area contributed by atoms with Gasteiger partial charge in [0.1, 0.15) is 5.82 Å². The van der Waals surface area contributed by atoms with Crippen molar-refractivity contribution in [1.29, 1.82) is 0 Å². The number of rotatable bonds is 4. The first-order valence-electron chi connectivity index (χ1n) is 6.13. The fourth-order valence-corrected chi connectivity index (χ4v) is 2.24. The number of aromatic nitrogens is 2.